The maximum Gasteiger partial charge on any atom is 0.255 e. The van der Waals surface area contributed by atoms with E-state index in [4.69, 9.17) is 16.6 Å². The summed E-state index contributed by atoms with van der Waals surface area (Å²) in [6.07, 6.45) is 8.12. The Bertz CT molecular complexity index is 1290. The van der Waals surface area contributed by atoms with Crippen LogP contribution in [0.3, 0.4) is 0 Å². The molecular weight excluding hydrogens is 472 g/mol. The Morgan fingerprint density at radius 1 is 0.941 bits per heavy atom. The Morgan fingerprint density at radius 3 is 2.41 bits per heavy atom. The Balaban J connectivity index is 1.32. The van der Waals surface area contributed by atoms with Crippen molar-refractivity contribution < 1.29 is 13.2 Å². The molecule has 0 radical (unpaired) electrons. The molecule has 178 valence electrons. The first kappa shape index (κ1) is 23.1. The zero-order chi connectivity index (χ0) is 23.7. The number of halogens is 1. The lowest BCUT2D eigenvalue weighted by atomic mass is 10.1. The molecule has 1 fully saturated rings. The molecule has 0 unspecified atom stereocenters. The Hall–Kier alpha value is -2.68. The van der Waals surface area contributed by atoms with Crippen molar-refractivity contribution >= 4 is 33.2 Å². The number of fused-ring (bicyclic) bond motifs is 1. The fourth-order valence-corrected chi connectivity index (χ4v) is 6.58. The van der Waals surface area contributed by atoms with Crippen LogP contribution < -0.4 is 5.32 Å². The molecule has 3 heterocycles. The minimum absolute atomic E-state index is 0.0252. The second-order valence-electron chi connectivity index (χ2n) is 8.83. The zero-order valence-electron chi connectivity index (χ0n) is 18.8. The molecule has 0 saturated carbocycles. The van der Waals surface area contributed by atoms with Gasteiger partial charge in [0.05, 0.1) is 10.7 Å². The predicted octanol–water partition coefficient (Wildman–Crippen LogP) is 4.97. The number of hydrogen-bond acceptors (Lipinski definition) is 4. The lowest BCUT2D eigenvalue weighted by Gasteiger charge is -2.26. The highest BCUT2D eigenvalue weighted by Gasteiger charge is 2.28. The Morgan fingerprint density at radius 2 is 1.68 bits per heavy atom. The van der Waals surface area contributed by atoms with Gasteiger partial charge in [-0.05, 0) is 56.0 Å². The smallest absolute Gasteiger partial charge is 0.255 e. The molecule has 1 aromatic heterocycles. The fourth-order valence-electron chi connectivity index (χ4n) is 4.57. The van der Waals surface area contributed by atoms with Crippen LogP contribution in [0, 0.1) is 0 Å². The quantitative estimate of drug-likeness (QED) is 0.538. The summed E-state index contributed by atoms with van der Waals surface area (Å²) < 4.78 is 29.8. The van der Waals surface area contributed by atoms with E-state index in [2.05, 4.69) is 16.1 Å². The third-order valence-corrected chi connectivity index (χ3v) is 8.85. The Kier molecular flexibility index (Phi) is 6.46. The van der Waals surface area contributed by atoms with Crippen LogP contribution in [-0.4, -0.2) is 41.3 Å². The molecule has 2 aliphatic heterocycles. The van der Waals surface area contributed by atoms with Crippen LogP contribution in [0.2, 0.25) is 5.02 Å². The minimum Gasteiger partial charge on any atom is -0.334 e. The molecule has 2 aliphatic rings. The highest BCUT2D eigenvalue weighted by atomic mass is 35.5. The molecule has 1 N–H and O–H groups in total. The summed E-state index contributed by atoms with van der Waals surface area (Å²) in [6.45, 7) is 1.95. The van der Waals surface area contributed by atoms with E-state index in [1.54, 1.807) is 0 Å². The zero-order valence-corrected chi connectivity index (χ0v) is 20.4. The van der Waals surface area contributed by atoms with Gasteiger partial charge >= 0.3 is 0 Å². The first-order valence-corrected chi connectivity index (χ1v) is 13.5. The summed E-state index contributed by atoms with van der Waals surface area (Å²) in [7, 11) is -3.75. The van der Waals surface area contributed by atoms with Gasteiger partial charge in [-0.2, -0.15) is 4.31 Å². The lowest BCUT2D eigenvalue weighted by Crippen LogP contribution is -2.35. The summed E-state index contributed by atoms with van der Waals surface area (Å²) in [4.78, 5) is 17.6. The summed E-state index contributed by atoms with van der Waals surface area (Å²) in [5.41, 5.74) is 2.78. The molecule has 7 nitrogen and oxygen atoms in total. The van der Waals surface area contributed by atoms with Gasteiger partial charge in [0, 0.05) is 49.1 Å². The normalized spacial score (nSPS) is 16.7. The molecule has 1 saturated heterocycles. The standard InChI is InChI=1S/C25H27ClN4O3S/c26-21-12-9-19(16-23(21)34(32,33)30-14-3-1-4-15-30)25(31)27-20-10-7-18(8-11-20)22-17-29-13-5-2-6-24(29)28-22/h7-12,16-17H,1-6,13-15H2,(H,27,31). The molecule has 0 aliphatic carbocycles. The number of sulfonamides is 1. The molecule has 1 amide bonds. The minimum atomic E-state index is -3.75. The number of amides is 1. The maximum atomic E-state index is 13.1. The number of carbonyl (C=O) groups is 1. The predicted molar refractivity (Wildman–Crippen MR) is 133 cm³/mol. The first-order chi connectivity index (χ1) is 16.4. The van der Waals surface area contributed by atoms with Crippen molar-refractivity contribution in [3.63, 3.8) is 0 Å². The molecular formula is C25H27ClN4O3S. The maximum absolute atomic E-state index is 13.1. The first-order valence-electron chi connectivity index (χ1n) is 11.7. The van der Waals surface area contributed by atoms with Gasteiger partial charge in [-0.1, -0.05) is 30.2 Å². The summed E-state index contributed by atoms with van der Waals surface area (Å²) in [5, 5.41) is 2.97. The lowest BCUT2D eigenvalue weighted by molar-refractivity contribution is 0.102. The average Bonchev–Trinajstić information content (AvgIpc) is 3.29. The number of piperidine rings is 1. The second kappa shape index (κ2) is 9.52. The largest absolute Gasteiger partial charge is 0.334 e. The highest BCUT2D eigenvalue weighted by Crippen LogP contribution is 2.29. The number of nitrogens with zero attached hydrogens (tertiary/aromatic N) is 3. The van der Waals surface area contributed by atoms with E-state index in [1.807, 2.05) is 24.3 Å². The average molecular weight is 499 g/mol. The summed E-state index contributed by atoms with van der Waals surface area (Å²) >= 11 is 6.23. The van der Waals surface area contributed by atoms with Crippen LogP contribution in [0.15, 0.2) is 53.6 Å². The van der Waals surface area contributed by atoms with Crippen molar-refractivity contribution in [2.75, 3.05) is 18.4 Å². The number of carbonyl (C=O) groups excluding carboxylic acids is 1. The van der Waals surface area contributed by atoms with Crippen LogP contribution >= 0.6 is 11.6 Å². The second-order valence-corrected chi connectivity index (χ2v) is 11.1. The third kappa shape index (κ3) is 4.62. The molecule has 2 aromatic carbocycles. The van der Waals surface area contributed by atoms with Crippen LogP contribution in [0.5, 0.6) is 0 Å². The number of aryl methyl sites for hydroxylation is 2. The number of aromatic nitrogens is 2. The van der Waals surface area contributed by atoms with Gasteiger partial charge in [-0.25, -0.2) is 13.4 Å². The van der Waals surface area contributed by atoms with Crippen molar-refractivity contribution in [2.24, 2.45) is 0 Å². The van der Waals surface area contributed by atoms with Gasteiger partial charge in [-0.3, -0.25) is 4.79 Å². The summed E-state index contributed by atoms with van der Waals surface area (Å²) in [6, 6.07) is 11.9. The molecule has 5 rings (SSSR count). The van der Waals surface area contributed by atoms with E-state index in [-0.39, 0.29) is 15.5 Å². The number of anilines is 1. The van der Waals surface area contributed by atoms with E-state index in [9.17, 15) is 13.2 Å². The SMILES string of the molecule is O=C(Nc1ccc(-c2cn3c(n2)CCCC3)cc1)c1ccc(Cl)c(S(=O)(=O)N2CCCCC2)c1. The molecule has 3 aromatic rings. The van der Waals surface area contributed by atoms with Gasteiger partial charge in [0.2, 0.25) is 10.0 Å². The number of imidazole rings is 1. The van der Waals surface area contributed by atoms with Gasteiger partial charge in [0.1, 0.15) is 10.7 Å². The van der Waals surface area contributed by atoms with Crippen molar-refractivity contribution in [2.45, 2.75) is 50.0 Å². The van der Waals surface area contributed by atoms with Crippen LogP contribution in [-0.2, 0) is 23.0 Å². The van der Waals surface area contributed by atoms with E-state index < -0.39 is 15.9 Å². The van der Waals surface area contributed by atoms with Crippen molar-refractivity contribution in [3.05, 3.63) is 65.1 Å². The van der Waals surface area contributed by atoms with Gasteiger partial charge in [-0.15, -0.1) is 0 Å². The number of hydrogen-bond donors (Lipinski definition) is 1. The fraction of sp³-hybridized carbons (Fsp3) is 0.360. The number of benzene rings is 2. The van der Waals surface area contributed by atoms with Crippen LogP contribution in [0.1, 0.15) is 48.3 Å². The number of rotatable bonds is 5. The van der Waals surface area contributed by atoms with E-state index in [0.29, 0.717) is 18.8 Å². The van der Waals surface area contributed by atoms with Crippen LogP contribution in [0.25, 0.3) is 11.3 Å². The van der Waals surface area contributed by atoms with E-state index in [0.717, 1.165) is 49.3 Å². The third-order valence-electron chi connectivity index (χ3n) is 6.47. The molecule has 34 heavy (non-hydrogen) atoms. The molecule has 0 spiro atoms. The van der Waals surface area contributed by atoms with E-state index >= 15 is 0 Å². The molecule has 0 atom stereocenters. The molecule has 0 bridgehead atoms. The van der Waals surface area contributed by atoms with Crippen molar-refractivity contribution in [1.29, 1.82) is 0 Å². The van der Waals surface area contributed by atoms with Crippen LogP contribution in [0.4, 0.5) is 5.69 Å². The Labute approximate surface area is 204 Å². The number of nitrogens with one attached hydrogen (secondary N) is 1. The van der Waals surface area contributed by atoms with Crippen molar-refractivity contribution in [1.82, 2.24) is 13.9 Å². The topological polar surface area (TPSA) is 84.3 Å². The van der Waals surface area contributed by atoms with Gasteiger partial charge in [0.25, 0.3) is 5.91 Å². The highest BCUT2D eigenvalue weighted by molar-refractivity contribution is 7.89. The van der Waals surface area contributed by atoms with Crippen molar-refractivity contribution in [3.8, 4) is 11.3 Å². The van der Waals surface area contributed by atoms with E-state index in [1.165, 1.54) is 35.3 Å². The summed E-state index contributed by atoms with van der Waals surface area (Å²) in [5.74, 6) is 0.730. The van der Waals surface area contributed by atoms with Gasteiger partial charge < -0.3 is 9.88 Å². The molecule has 9 heteroatoms. The van der Waals surface area contributed by atoms with Gasteiger partial charge in [0.15, 0.2) is 0 Å². The monoisotopic (exact) mass is 498 g/mol.